The number of esters is 2. The molecule has 0 aliphatic carbocycles. The average Bonchev–Trinajstić information content (AvgIpc) is 2.86. The Bertz CT molecular complexity index is 1220. The number of aryl methyl sites for hydroxylation is 1. The van der Waals surface area contributed by atoms with Crippen molar-refractivity contribution in [3.63, 3.8) is 0 Å². The van der Waals surface area contributed by atoms with E-state index in [1.54, 1.807) is 12.1 Å². The van der Waals surface area contributed by atoms with Crippen LogP contribution in [0.3, 0.4) is 0 Å². The van der Waals surface area contributed by atoms with E-state index >= 15 is 0 Å². The van der Waals surface area contributed by atoms with Crippen molar-refractivity contribution >= 4 is 29.8 Å². The van der Waals surface area contributed by atoms with Crippen LogP contribution in [0.15, 0.2) is 53.4 Å². The summed E-state index contributed by atoms with van der Waals surface area (Å²) in [4.78, 5) is 26.7. The van der Waals surface area contributed by atoms with Crippen molar-refractivity contribution in [2.75, 3.05) is 12.9 Å². The molecule has 0 saturated heterocycles. The Morgan fingerprint density at radius 1 is 0.854 bits per heavy atom. The maximum Gasteiger partial charge on any atom is 0.309 e. The summed E-state index contributed by atoms with van der Waals surface area (Å²) in [6, 6.07) is 15.9. The van der Waals surface area contributed by atoms with Gasteiger partial charge in [0.25, 0.3) is 0 Å². The normalized spacial score (nSPS) is 13.9. The number of carbonyl (C=O) groups is 2. The number of ether oxygens (including phenoxy) is 2. The van der Waals surface area contributed by atoms with E-state index in [0.29, 0.717) is 37.2 Å². The SMILES string of the molecule is CCCC[C@@H](C[C@@H](CCc1ccc(-c2ccc(S(C)(=O)=O)cc2)cc1)C(=O)OCC[Si](C)(C)C)C(=O)OC(C)(C)C. The Balaban J connectivity index is 2.17. The number of benzene rings is 2. The molecule has 228 valence electrons. The maximum atomic E-state index is 13.3. The first kappa shape index (κ1) is 34.7. The highest BCUT2D eigenvalue weighted by Crippen LogP contribution is 2.28. The molecule has 41 heavy (non-hydrogen) atoms. The Kier molecular flexibility index (Phi) is 12.8. The van der Waals surface area contributed by atoms with Crippen molar-refractivity contribution in [2.24, 2.45) is 11.8 Å². The minimum atomic E-state index is -3.24. The van der Waals surface area contributed by atoms with Crippen molar-refractivity contribution in [3.05, 3.63) is 54.1 Å². The number of sulfone groups is 1. The van der Waals surface area contributed by atoms with Crippen molar-refractivity contribution in [1.82, 2.24) is 0 Å². The van der Waals surface area contributed by atoms with Crippen LogP contribution in [-0.4, -0.2) is 46.9 Å². The van der Waals surface area contributed by atoms with Gasteiger partial charge in [0.1, 0.15) is 5.60 Å². The predicted molar refractivity (Wildman–Crippen MR) is 169 cm³/mol. The lowest BCUT2D eigenvalue weighted by atomic mass is 9.86. The molecule has 0 N–H and O–H groups in total. The maximum absolute atomic E-state index is 13.3. The lowest BCUT2D eigenvalue weighted by molar-refractivity contribution is -0.162. The first-order valence-corrected chi connectivity index (χ1v) is 20.4. The summed E-state index contributed by atoms with van der Waals surface area (Å²) in [6.45, 7) is 14.9. The summed E-state index contributed by atoms with van der Waals surface area (Å²) < 4.78 is 35.0. The molecule has 2 rings (SSSR count). The topological polar surface area (TPSA) is 86.7 Å². The third kappa shape index (κ3) is 12.9. The van der Waals surface area contributed by atoms with Gasteiger partial charge in [-0.3, -0.25) is 9.59 Å². The zero-order valence-electron chi connectivity index (χ0n) is 26.3. The zero-order valence-corrected chi connectivity index (χ0v) is 28.1. The van der Waals surface area contributed by atoms with Crippen LogP contribution < -0.4 is 0 Å². The van der Waals surface area contributed by atoms with Gasteiger partial charge in [-0.15, -0.1) is 0 Å². The Hall–Kier alpha value is -2.45. The Morgan fingerprint density at radius 2 is 1.39 bits per heavy atom. The van der Waals surface area contributed by atoms with Crippen molar-refractivity contribution in [3.8, 4) is 11.1 Å². The van der Waals surface area contributed by atoms with Crippen LogP contribution in [0.4, 0.5) is 0 Å². The van der Waals surface area contributed by atoms with E-state index in [1.165, 1.54) is 6.26 Å². The van der Waals surface area contributed by atoms with Gasteiger partial charge >= 0.3 is 11.9 Å². The fourth-order valence-corrected chi connectivity index (χ4v) is 5.86. The summed E-state index contributed by atoms with van der Waals surface area (Å²) in [5.41, 5.74) is 2.43. The third-order valence-corrected chi connectivity index (χ3v) is 9.83. The molecule has 0 unspecified atom stereocenters. The molecule has 0 spiro atoms. The molecule has 2 aromatic carbocycles. The smallest absolute Gasteiger partial charge is 0.309 e. The van der Waals surface area contributed by atoms with E-state index in [4.69, 9.17) is 9.47 Å². The fraction of sp³-hybridized carbons (Fsp3) is 0.576. The molecule has 0 aliphatic rings. The van der Waals surface area contributed by atoms with E-state index in [-0.39, 0.29) is 17.9 Å². The van der Waals surface area contributed by atoms with Crippen molar-refractivity contribution in [1.29, 1.82) is 0 Å². The minimum Gasteiger partial charge on any atom is -0.466 e. The number of rotatable bonds is 15. The second kappa shape index (κ2) is 15.1. The van der Waals surface area contributed by atoms with Crippen LogP contribution in [0.25, 0.3) is 11.1 Å². The molecule has 0 heterocycles. The van der Waals surface area contributed by atoms with Gasteiger partial charge in [-0.05, 0) is 81.3 Å². The van der Waals surface area contributed by atoms with Gasteiger partial charge in [0.2, 0.25) is 0 Å². The molecule has 0 amide bonds. The number of carbonyl (C=O) groups excluding carboxylic acids is 2. The molecular weight excluding hydrogens is 553 g/mol. The summed E-state index contributed by atoms with van der Waals surface area (Å²) in [7, 11) is -4.59. The monoisotopic (exact) mass is 602 g/mol. The fourth-order valence-electron chi connectivity index (χ4n) is 4.52. The van der Waals surface area contributed by atoms with Gasteiger partial charge < -0.3 is 9.47 Å². The molecule has 2 aromatic rings. The highest BCUT2D eigenvalue weighted by Gasteiger charge is 2.31. The summed E-state index contributed by atoms with van der Waals surface area (Å²) >= 11 is 0. The third-order valence-electron chi connectivity index (χ3n) is 7.00. The molecule has 0 radical (unpaired) electrons. The summed E-state index contributed by atoms with van der Waals surface area (Å²) in [6.07, 6.45) is 5.44. The van der Waals surface area contributed by atoms with E-state index in [0.717, 1.165) is 35.6 Å². The Morgan fingerprint density at radius 3 is 1.88 bits per heavy atom. The molecular formula is C33H50O6SSi. The van der Waals surface area contributed by atoms with E-state index in [2.05, 4.69) is 26.6 Å². The highest BCUT2D eigenvalue weighted by atomic mass is 32.2. The molecule has 0 aromatic heterocycles. The molecule has 0 bridgehead atoms. The first-order valence-electron chi connectivity index (χ1n) is 14.8. The van der Waals surface area contributed by atoms with Crippen LogP contribution in [-0.2, 0) is 35.3 Å². The van der Waals surface area contributed by atoms with Crippen LogP contribution in [0.5, 0.6) is 0 Å². The minimum absolute atomic E-state index is 0.226. The summed E-state index contributed by atoms with van der Waals surface area (Å²) in [5, 5.41) is 0. The highest BCUT2D eigenvalue weighted by molar-refractivity contribution is 7.90. The number of hydrogen-bond acceptors (Lipinski definition) is 6. The van der Waals surface area contributed by atoms with Gasteiger partial charge in [0.15, 0.2) is 9.84 Å². The van der Waals surface area contributed by atoms with Gasteiger partial charge in [-0.25, -0.2) is 8.42 Å². The Labute approximate surface area is 249 Å². The van der Waals surface area contributed by atoms with E-state index in [1.807, 2.05) is 57.2 Å². The molecule has 6 nitrogen and oxygen atoms in total. The van der Waals surface area contributed by atoms with Gasteiger partial charge in [0.05, 0.1) is 23.3 Å². The van der Waals surface area contributed by atoms with Crippen molar-refractivity contribution < 1.29 is 27.5 Å². The quantitative estimate of drug-likeness (QED) is 0.153. The van der Waals surface area contributed by atoms with Gasteiger partial charge in [-0.1, -0.05) is 75.8 Å². The number of hydrogen-bond donors (Lipinski definition) is 0. The standard InChI is InChI=1S/C33H50O6SSi/c1-9-10-11-28(32(35)39-33(2,3)4)24-29(31(34)38-22-23-41(6,7)8)17-14-25-12-15-26(16-13-25)27-18-20-30(21-19-27)40(5,36)37/h12-13,15-16,18-21,28-29H,9-11,14,17,22-24H2,1-8H3/t28-,29+/m0/s1. The second-order valence-corrected chi connectivity index (χ2v) is 21.0. The summed E-state index contributed by atoms with van der Waals surface area (Å²) in [5.74, 6) is -1.21. The van der Waals surface area contributed by atoms with Crippen molar-refractivity contribution in [2.45, 2.75) is 102 Å². The van der Waals surface area contributed by atoms with Gasteiger partial charge in [0, 0.05) is 14.3 Å². The largest absolute Gasteiger partial charge is 0.466 e. The van der Waals surface area contributed by atoms with Crippen LogP contribution >= 0.6 is 0 Å². The zero-order chi connectivity index (χ0) is 30.8. The molecule has 2 atom stereocenters. The van der Waals surface area contributed by atoms with E-state index in [9.17, 15) is 18.0 Å². The molecule has 8 heteroatoms. The van der Waals surface area contributed by atoms with Crippen LogP contribution in [0.1, 0.15) is 65.4 Å². The molecule has 0 aliphatic heterocycles. The van der Waals surface area contributed by atoms with E-state index < -0.39 is 29.4 Å². The lowest BCUT2D eigenvalue weighted by Crippen LogP contribution is -2.32. The molecule has 0 fully saturated rings. The lowest BCUT2D eigenvalue weighted by Gasteiger charge is -2.26. The first-order chi connectivity index (χ1) is 19.0. The predicted octanol–water partition coefficient (Wildman–Crippen LogP) is 7.73. The van der Waals surface area contributed by atoms with Gasteiger partial charge in [-0.2, -0.15) is 0 Å². The second-order valence-electron chi connectivity index (χ2n) is 13.3. The van der Waals surface area contributed by atoms with Crippen LogP contribution in [0.2, 0.25) is 25.7 Å². The van der Waals surface area contributed by atoms with Crippen LogP contribution in [0, 0.1) is 11.8 Å². The number of unbranched alkanes of at least 4 members (excludes halogenated alkanes) is 1. The molecule has 0 saturated carbocycles. The average molecular weight is 603 g/mol.